The van der Waals surface area contributed by atoms with E-state index in [1.807, 2.05) is 25.1 Å². The summed E-state index contributed by atoms with van der Waals surface area (Å²) in [4.78, 5) is 15.9. The summed E-state index contributed by atoms with van der Waals surface area (Å²) < 4.78 is 5.34. The number of quaternary nitrogens is 1. The van der Waals surface area contributed by atoms with E-state index < -0.39 is 5.39 Å². The summed E-state index contributed by atoms with van der Waals surface area (Å²) in [6, 6.07) is 10.1. The first-order chi connectivity index (χ1) is 10.6. The second-order valence-electron chi connectivity index (χ2n) is 5.23. The normalized spacial score (nSPS) is 12.4. The molecule has 0 unspecified atom stereocenters. The van der Waals surface area contributed by atoms with Crippen LogP contribution < -0.4 is 5.39 Å². The summed E-state index contributed by atoms with van der Waals surface area (Å²) in [6.07, 6.45) is 3.91. The van der Waals surface area contributed by atoms with Crippen molar-refractivity contribution in [3.05, 3.63) is 46.3 Å². The Morgan fingerprint density at radius 2 is 1.91 bits per heavy atom. The number of carbonyl (C=O) groups is 1. The lowest BCUT2D eigenvalue weighted by Gasteiger charge is -2.21. The predicted octanol–water partition coefficient (Wildman–Crippen LogP) is 1.92. The van der Waals surface area contributed by atoms with Crippen LogP contribution in [0.1, 0.15) is 44.6 Å². The van der Waals surface area contributed by atoms with Gasteiger partial charge in [-0.1, -0.05) is 36.8 Å². The summed E-state index contributed by atoms with van der Waals surface area (Å²) in [5.74, 6) is -0.207. The molecule has 22 heavy (non-hydrogen) atoms. The highest BCUT2D eigenvalue weighted by molar-refractivity contribution is 5.69. The van der Waals surface area contributed by atoms with E-state index >= 15 is 0 Å². The minimum absolute atomic E-state index is 0.103. The van der Waals surface area contributed by atoms with Crippen LogP contribution in [0.3, 0.4) is 0 Å². The van der Waals surface area contributed by atoms with E-state index in [1.54, 1.807) is 0 Å². The van der Waals surface area contributed by atoms with Gasteiger partial charge in [-0.2, -0.15) is 0 Å². The van der Waals surface area contributed by atoms with Crippen LogP contribution in [0.5, 0.6) is 0 Å². The molecule has 1 aromatic carbocycles. The van der Waals surface area contributed by atoms with E-state index in [2.05, 4.69) is 17.0 Å². The van der Waals surface area contributed by atoms with E-state index in [4.69, 9.17) is 4.74 Å². The maximum absolute atomic E-state index is 11.6. The molecular formula is C16H24NO5-. The first-order valence-electron chi connectivity index (χ1n) is 7.65. The Labute approximate surface area is 131 Å². The quantitative estimate of drug-likeness (QED) is 0.383. The minimum Gasteiger partial charge on any atom is -0.599 e. The third-order valence-electron chi connectivity index (χ3n) is 3.26. The molecular weight excluding hydrogens is 286 g/mol. The van der Waals surface area contributed by atoms with Crippen LogP contribution in [-0.2, 0) is 20.8 Å². The Morgan fingerprint density at radius 1 is 1.18 bits per heavy atom. The van der Waals surface area contributed by atoms with Crippen molar-refractivity contribution < 1.29 is 19.8 Å². The van der Waals surface area contributed by atoms with Gasteiger partial charge in [0.25, 0.3) is 0 Å². The standard InChI is InChI=1S/C16H24NO5/c1-14(11-12-15-8-4-2-5-9-15)22-16(18)10-6-3-7-13-21-17(19)20/h2,4-5,8-9,14,17H,3,6-7,10-13H2,1H3/q-1/t14-/m1/s1. The molecule has 0 fully saturated rings. The van der Waals surface area contributed by atoms with Gasteiger partial charge in [0, 0.05) is 6.42 Å². The lowest BCUT2D eigenvalue weighted by molar-refractivity contribution is -1.01. The van der Waals surface area contributed by atoms with Gasteiger partial charge in [0.1, 0.15) is 6.61 Å². The predicted molar refractivity (Wildman–Crippen MR) is 82.4 cm³/mol. The highest BCUT2D eigenvalue weighted by atomic mass is 17.1. The SMILES string of the molecule is C[C@H](CCc1ccccc1)OC(=O)CCCCCO[NH+]([O-])[O-]. The topological polar surface area (TPSA) is 86.1 Å². The number of esters is 1. The van der Waals surface area contributed by atoms with Crippen molar-refractivity contribution in [1.29, 1.82) is 0 Å². The molecule has 0 spiro atoms. The second-order valence-corrected chi connectivity index (χ2v) is 5.23. The summed E-state index contributed by atoms with van der Waals surface area (Å²) in [5, 5.41) is 18.5. The average molecular weight is 310 g/mol. The van der Waals surface area contributed by atoms with Gasteiger partial charge in [-0.3, -0.25) is 10.2 Å². The monoisotopic (exact) mass is 310 g/mol. The zero-order valence-corrected chi connectivity index (χ0v) is 13.0. The fourth-order valence-electron chi connectivity index (χ4n) is 2.06. The fraction of sp³-hybridized carbons (Fsp3) is 0.562. The molecule has 0 aliphatic rings. The van der Waals surface area contributed by atoms with Crippen molar-refractivity contribution in [2.75, 3.05) is 6.61 Å². The maximum atomic E-state index is 11.6. The van der Waals surface area contributed by atoms with Gasteiger partial charge < -0.3 is 15.2 Å². The number of benzene rings is 1. The third-order valence-corrected chi connectivity index (χ3v) is 3.26. The molecule has 124 valence electrons. The molecule has 6 nitrogen and oxygen atoms in total. The van der Waals surface area contributed by atoms with Crippen LogP contribution in [0.2, 0.25) is 0 Å². The van der Waals surface area contributed by atoms with E-state index in [1.165, 1.54) is 5.56 Å². The molecule has 0 aliphatic carbocycles. The zero-order chi connectivity index (χ0) is 16.2. The first-order valence-corrected chi connectivity index (χ1v) is 7.65. The minimum atomic E-state index is -1.51. The van der Waals surface area contributed by atoms with E-state index in [0.717, 1.165) is 19.3 Å². The zero-order valence-electron chi connectivity index (χ0n) is 13.0. The lowest BCUT2D eigenvalue weighted by atomic mass is 10.1. The summed E-state index contributed by atoms with van der Waals surface area (Å²) in [7, 11) is 0. The van der Waals surface area contributed by atoms with Gasteiger partial charge in [-0.15, -0.1) is 0 Å². The molecule has 0 saturated carbocycles. The highest BCUT2D eigenvalue weighted by Crippen LogP contribution is 2.09. The molecule has 0 saturated heterocycles. The molecule has 0 aromatic heterocycles. The number of ether oxygens (including phenoxy) is 1. The van der Waals surface area contributed by atoms with E-state index in [9.17, 15) is 15.2 Å². The van der Waals surface area contributed by atoms with Crippen molar-refractivity contribution in [3.63, 3.8) is 0 Å². The van der Waals surface area contributed by atoms with Crippen LogP contribution in [0.25, 0.3) is 0 Å². The van der Waals surface area contributed by atoms with Crippen LogP contribution in [0.4, 0.5) is 0 Å². The summed E-state index contributed by atoms with van der Waals surface area (Å²) >= 11 is 0. The Balaban J connectivity index is 2.04. The molecule has 1 atom stereocenters. The molecule has 0 amide bonds. The van der Waals surface area contributed by atoms with Crippen LogP contribution in [0, 0.1) is 10.4 Å². The van der Waals surface area contributed by atoms with Crippen LogP contribution in [-0.4, -0.2) is 18.7 Å². The summed E-state index contributed by atoms with van der Waals surface area (Å²) in [6.45, 7) is 2.01. The molecule has 0 bridgehead atoms. The Kier molecular flexibility index (Phi) is 9.41. The fourth-order valence-corrected chi connectivity index (χ4v) is 2.06. The Hall–Kier alpha value is -1.47. The largest absolute Gasteiger partial charge is 0.599 e. The molecule has 1 N–H and O–H groups in total. The number of nitrogens with one attached hydrogen (secondary N) is 1. The Bertz CT molecular complexity index is 410. The molecule has 0 radical (unpaired) electrons. The molecule has 6 heteroatoms. The number of unbranched alkanes of at least 4 members (excludes halogenated alkanes) is 2. The number of hydrogen-bond acceptors (Lipinski definition) is 5. The smallest absolute Gasteiger partial charge is 0.306 e. The van der Waals surface area contributed by atoms with Crippen molar-refractivity contribution in [3.8, 4) is 0 Å². The van der Waals surface area contributed by atoms with Crippen molar-refractivity contribution in [2.45, 2.75) is 51.6 Å². The lowest BCUT2D eigenvalue weighted by Crippen LogP contribution is -3.00. The van der Waals surface area contributed by atoms with E-state index in [-0.39, 0.29) is 18.7 Å². The van der Waals surface area contributed by atoms with Crippen molar-refractivity contribution in [2.24, 2.45) is 0 Å². The highest BCUT2D eigenvalue weighted by Gasteiger charge is 2.09. The molecule has 0 aliphatic heterocycles. The maximum Gasteiger partial charge on any atom is 0.306 e. The van der Waals surface area contributed by atoms with Crippen LogP contribution >= 0.6 is 0 Å². The molecule has 1 rings (SSSR count). The number of hydrogen-bond donors (Lipinski definition) is 1. The molecule has 0 heterocycles. The van der Waals surface area contributed by atoms with Crippen molar-refractivity contribution >= 4 is 5.97 Å². The number of carbonyl (C=O) groups excluding carboxylic acids is 1. The van der Waals surface area contributed by atoms with Gasteiger partial charge in [-0.25, -0.2) is 4.84 Å². The number of rotatable bonds is 11. The molecule has 1 aromatic rings. The van der Waals surface area contributed by atoms with E-state index in [0.29, 0.717) is 19.3 Å². The van der Waals surface area contributed by atoms with Gasteiger partial charge >= 0.3 is 5.97 Å². The van der Waals surface area contributed by atoms with Gasteiger partial charge in [0.05, 0.1) is 6.10 Å². The van der Waals surface area contributed by atoms with Crippen molar-refractivity contribution in [1.82, 2.24) is 0 Å². The van der Waals surface area contributed by atoms with Gasteiger partial charge in [0.15, 0.2) is 0 Å². The second kappa shape index (κ2) is 11.1. The summed E-state index contributed by atoms with van der Waals surface area (Å²) in [5.41, 5.74) is 1.23. The average Bonchev–Trinajstić information content (AvgIpc) is 2.49. The van der Waals surface area contributed by atoms with Gasteiger partial charge in [-0.05, 0) is 38.2 Å². The third kappa shape index (κ3) is 9.46. The van der Waals surface area contributed by atoms with Gasteiger partial charge in [0.2, 0.25) is 0 Å². The number of aryl methyl sites for hydroxylation is 1. The first kappa shape index (κ1) is 18.6. The Morgan fingerprint density at radius 3 is 2.59 bits per heavy atom. The van der Waals surface area contributed by atoms with Crippen LogP contribution in [0.15, 0.2) is 30.3 Å².